The minimum Gasteiger partial charge on any atom is -0.451 e. The van der Waals surface area contributed by atoms with Gasteiger partial charge in [0.1, 0.15) is 5.58 Å². The molecular formula is C17H17ClN2O2. The molecule has 0 bridgehead atoms. The molecule has 3 aromatic rings. The van der Waals surface area contributed by atoms with Gasteiger partial charge in [-0.05, 0) is 43.0 Å². The zero-order valence-electron chi connectivity index (χ0n) is 12.2. The molecule has 0 atom stereocenters. The van der Waals surface area contributed by atoms with Gasteiger partial charge in [-0.25, -0.2) is 0 Å². The molecule has 22 heavy (non-hydrogen) atoms. The number of hydrogen-bond donors (Lipinski definition) is 0. The fourth-order valence-electron chi connectivity index (χ4n) is 3.19. The third kappa shape index (κ3) is 2.75. The van der Waals surface area contributed by atoms with E-state index in [2.05, 4.69) is 10.2 Å². The van der Waals surface area contributed by atoms with Crippen LogP contribution >= 0.6 is 11.6 Å². The van der Waals surface area contributed by atoms with E-state index in [1.54, 1.807) is 6.07 Å². The molecule has 1 saturated carbocycles. The van der Waals surface area contributed by atoms with Crippen LogP contribution in [0.25, 0.3) is 22.6 Å². The van der Waals surface area contributed by atoms with Gasteiger partial charge in [0.15, 0.2) is 5.76 Å². The van der Waals surface area contributed by atoms with E-state index in [0.29, 0.717) is 28.5 Å². The van der Waals surface area contributed by atoms with Gasteiger partial charge in [0.25, 0.3) is 5.89 Å². The first-order chi connectivity index (χ1) is 10.8. The largest absolute Gasteiger partial charge is 0.451 e. The zero-order valence-corrected chi connectivity index (χ0v) is 13.0. The molecule has 4 nitrogen and oxygen atoms in total. The van der Waals surface area contributed by atoms with Crippen LogP contribution in [0.2, 0.25) is 5.02 Å². The predicted octanol–water partition coefficient (Wildman–Crippen LogP) is 5.26. The van der Waals surface area contributed by atoms with Crippen molar-refractivity contribution < 1.29 is 8.83 Å². The van der Waals surface area contributed by atoms with Crippen LogP contribution < -0.4 is 0 Å². The van der Waals surface area contributed by atoms with E-state index < -0.39 is 0 Å². The van der Waals surface area contributed by atoms with Crippen LogP contribution in [0.1, 0.15) is 38.0 Å². The second kappa shape index (κ2) is 5.76. The number of fused-ring (bicyclic) bond motifs is 1. The van der Waals surface area contributed by atoms with Crippen molar-refractivity contribution in [3.05, 3.63) is 35.2 Å². The lowest BCUT2D eigenvalue weighted by Crippen LogP contribution is -2.09. The maximum absolute atomic E-state index is 5.99. The lowest BCUT2D eigenvalue weighted by Gasteiger charge is -2.19. The molecule has 114 valence electrons. The first-order valence-corrected chi connectivity index (χ1v) is 8.17. The number of aromatic nitrogens is 2. The van der Waals surface area contributed by atoms with E-state index in [1.165, 1.54) is 32.1 Å². The summed E-state index contributed by atoms with van der Waals surface area (Å²) < 4.78 is 11.5. The van der Waals surface area contributed by atoms with Crippen molar-refractivity contribution in [1.82, 2.24) is 10.2 Å². The van der Waals surface area contributed by atoms with Gasteiger partial charge in [-0.2, -0.15) is 0 Å². The van der Waals surface area contributed by atoms with E-state index in [1.807, 2.05) is 18.2 Å². The van der Waals surface area contributed by atoms with Crippen LogP contribution in [0.4, 0.5) is 0 Å². The summed E-state index contributed by atoms with van der Waals surface area (Å²) >= 11 is 5.99. The molecule has 0 aliphatic heterocycles. The highest BCUT2D eigenvalue weighted by Crippen LogP contribution is 2.30. The topological polar surface area (TPSA) is 52.1 Å². The maximum Gasteiger partial charge on any atom is 0.283 e. The van der Waals surface area contributed by atoms with Crippen molar-refractivity contribution in [2.24, 2.45) is 5.92 Å². The van der Waals surface area contributed by atoms with E-state index in [-0.39, 0.29) is 0 Å². The molecule has 0 radical (unpaired) electrons. The van der Waals surface area contributed by atoms with Crippen molar-refractivity contribution in [3.8, 4) is 11.7 Å². The molecule has 5 heteroatoms. The number of benzene rings is 1. The Morgan fingerprint density at radius 2 is 1.91 bits per heavy atom. The van der Waals surface area contributed by atoms with Gasteiger partial charge in [0.05, 0.1) is 0 Å². The van der Waals surface area contributed by atoms with Gasteiger partial charge in [0, 0.05) is 16.8 Å². The molecule has 0 N–H and O–H groups in total. The third-order valence-corrected chi connectivity index (χ3v) is 4.58. The SMILES string of the molecule is Clc1ccc2oc(-c3nnc(CC4CCCCC4)o3)cc2c1. The molecule has 1 fully saturated rings. The maximum atomic E-state index is 5.99. The molecule has 1 aliphatic carbocycles. The number of furan rings is 1. The quantitative estimate of drug-likeness (QED) is 0.661. The number of hydrogen-bond acceptors (Lipinski definition) is 4. The summed E-state index contributed by atoms with van der Waals surface area (Å²) in [5, 5.41) is 9.92. The average Bonchev–Trinajstić information content (AvgIpc) is 3.14. The lowest BCUT2D eigenvalue weighted by atomic mass is 9.87. The summed E-state index contributed by atoms with van der Waals surface area (Å²) in [6, 6.07) is 7.41. The van der Waals surface area contributed by atoms with Gasteiger partial charge in [-0.1, -0.05) is 30.9 Å². The normalized spacial score (nSPS) is 16.4. The highest BCUT2D eigenvalue weighted by atomic mass is 35.5. The van der Waals surface area contributed by atoms with Gasteiger partial charge in [-0.3, -0.25) is 0 Å². The van der Waals surface area contributed by atoms with E-state index >= 15 is 0 Å². The predicted molar refractivity (Wildman–Crippen MR) is 84.8 cm³/mol. The van der Waals surface area contributed by atoms with Crippen molar-refractivity contribution in [1.29, 1.82) is 0 Å². The summed E-state index contributed by atoms with van der Waals surface area (Å²) in [5.41, 5.74) is 0.770. The average molecular weight is 317 g/mol. The standard InChI is InChI=1S/C17H17ClN2O2/c18-13-6-7-14-12(9-13)10-15(21-14)17-20-19-16(22-17)8-11-4-2-1-3-5-11/h6-7,9-11H,1-5,8H2. The van der Waals surface area contributed by atoms with Gasteiger partial charge in [-0.15, -0.1) is 10.2 Å². The van der Waals surface area contributed by atoms with Crippen LogP contribution in [0, 0.1) is 5.92 Å². The minimum atomic E-state index is 0.443. The van der Waals surface area contributed by atoms with Crippen molar-refractivity contribution >= 4 is 22.6 Å². The molecule has 2 aromatic heterocycles. The first-order valence-electron chi connectivity index (χ1n) is 7.80. The molecule has 0 saturated heterocycles. The smallest absolute Gasteiger partial charge is 0.283 e. The van der Waals surface area contributed by atoms with E-state index in [9.17, 15) is 0 Å². The fourth-order valence-corrected chi connectivity index (χ4v) is 3.37. The summed E-state index contributed by atoms with van der Waals surface area (Å²) in [5.74, 6) is 2.43. The highest BCUT2D eigenvalue weighted by molar-refractivity contribution is 6.31. The fraction of sp³-hybridized carbons (Fsp3) is 0.412. The van der Waals surface area contributed by atoms with Crippen molar-refractivity contribution in [2.75, 3.05) is 0 Å². The van der Waals surface area contributed by atoms with Crippen LogP contribution in [-0.4, -0.2) is 10.2 Å². The molecule has 0 amide bonds. The Labute approximate surface area is 133 Å². The van der Waals surface area contributed by atoms with Crippen molar-refractivity contribution in [2.45, 2.75) is 38.5 Å². The monoisotopic (exact) mass is 316 g/mol. The van der Waals surface area contributed by atoms with Gasteiger partial charge < -0.3 is 8.83 Å². The Morgan fingerprint density at radius 3 is 2.77 bits per heavy atom. The first kappa shape index (κ1) is 13.8. The summed E-state index contributed by atoms with van der Waals surface area (Å²) in [7, 11) is 0. The number of nitrogens with zero attached hydrogens (tertiary/aromatic N) is 2. The van der Waals surface area contributed by atoms with Crippen LogP contribution in [0.3, 0.4) is 0 Å². The van der Waals surface area contributed by atoms with E-state index in [4.69, 9.17) is 20.4 Å². The van der Waals surface area contributed by atoms with Crippen molar-refractivity contribution in [3.63, 3.8) is 0 Å². The zero-order chi connectivity index (χ0) is 14.9. The Morgan fingerprint density at radius 1 is 1.05 bits per heavy atom. The molecule has 4 rings (SSSR count). The van der Waals surface area contributed by atoms with Gasteiger partial charge >= 0.3 is 0 Å². The molecule has 0 unspecified atom stereocenters. The summed E-state index contributed by atoms with van der Waals surface area (Å²) in [6.45, 7) is 0. The number of rotatable bonds is 3. The third-order valence-electron chi connectivity index (χ3n) is 4.34. The Hall–Kier alpha value is -1.81. The Kier molecular flexibility index (Phi) is 3.62. The number of halogens is 1. The molecule has 1 aliphatic rings. The second-order valence-electron chi connectivity index (χ2n) is 6.00. The molecule has 1 aromatic carbocycles. The molecule has 0 spiro atoms. The molecule has 2 heterocycles. The van der Waals surface area contributed by atoms with Crippen LogP contribution in [0.15, 0.2) is 33.1 Å². The summed E-state index contributed by atoms with van der Waals surface area (Å²) in [6.07, 6.45) is 7.39. The molecular weight excluding hydrogens is 300 g/mol. The lowest BCUT2D eigenvalue weighted by molar-refractivity contribution is 0.329. The second-order valence-corrected chi connectivity index (χ2v) is 6.44. The van der Waals surface area contributed by atoms with E-state index in [0.717, 1.165) is 17.4 Å². The highest BCUT2D eigenvalue weighted by Gasteiger charge is 2.19. The minimum absolute atomic E-state index is 0.443. The van der Waals surface area contributed by atoms with Crippen LogP contribution in [0.5, 0.6) is 0 Å². The van der Waals surface area contributed by atoms with Gasteiger partial charge in [0.2, 0.25) is 5.89 Å². The van der Waals surface area contributed by atoms with Crippen LogP contribution in [-0.2, 0) is 6.42 Å². The Balaban J connectivity index is 1.56. The summed E-state index contributed by atoms with van der Waals surface area (Å²) in [4.78, 5) is 0. The Bertz CT molecular complexity index is 787.